The molecular weight excluding hydrogens is 368 g/mol. The van der Waals surface area contributed by atoms with Crippen molar-refractivity contribution in [2.45, 2.75) is 32.4 Å². The Bertz CT molecular complexity index is 982. The highest BCUT2D eigenvalue weighted by Gasteiger charge is 2.33. The van der Waals surface area contributed by atoms with Gasteiger partial charge in [0.15, 0.2) is 0 Å². The first-order valence-electron chi connectivity index (χ1n) is 9.63. The molecule has 1 N–H and O–H groups in total. The second kappa shape index (κ2) is 7.69. The molecule has 0 unspecified atom stereocenters. The molecule has 0 aromatic heterocycles. The number of hydrogen-bond donors (Lipinski definition) is 1. The van der Waals surface area contributed by atoms with Crippen LogP contribution in [0.1, 0.15) is 53.8 Å². The van der Waals surface area contributed by atoms with E-state index in [4.69, 9.17) is 11.6 Å². The Morgan fingerprint density at radius 3 is 2.36 bits per heavy atom. The zero-order chi connectivity index (χ0) is 19.7. The SMILES string of the molecule is CC[C@@H](C)c1ccc(N2C(=O)c3ccccc3N[C@H]2c2ccc(Cl)cc2)cc1. The molecule has 0 bridgehead atoms. The summed E-state index contributed by atoms with van der Waals surface area (Å²) in [6.07, 6.45) is 0.791. The van der Waals surface area contributed by atoms with Crippen LogP contribution >= 0.6 is 11.6 Å². The van der Waals surface area contributed by atoms with E-state index in [2.05, 4.69) is 31.3 Å². The number of fused-ring (bicyclic) bond motifs is 1. The molecule has 0 radical (unpaired) electrons. The second-order valence-corrected chi connectivity index (χ2v) is 7.66. The van der Waals surface area contributed by atoms with E-state index in [0.717, 1.165) is 23.4 Å². The summed E-state index contributed by atoms with van der Waals surface area (Å²) < 4.78 is 0. The molecule has 2 atom stereocenters. The summed E-state index contributed by atoms with van der Waals surface area (Å²) in [4.78, 5) is 15.2. The van der Waals surface area contributed by atoms with Gasteiger partial charge in [0.05, 0.1) is 5.56 Å². The Balaban J connectivity index is 1.78. The van der Waals surface area contributed by atoms with Crippen molar-refractivity contribution in [1.82, 2.24) is 0 Å². The van der Waals surface area contributed by atoms with Gasteiger partial charge in [0.1, 0.15) is 6.17 Å². The van der Waals surface area contributed by atoms with Gasteiger partial charge in [0.2, 0.25) is 0 Å². The summed E-state index contributed by atoms with van der Waals surface area (Å²) in [5, 5.41) is 4.20. The molecule has 142 valence electrons. The Hall–Kier alpha value is -2.78. The Morgan fingerprint density at radius 1 is 1.00 bits per heavy atom. The molecule has 3 aromatic carbocycles. The number of carbonyl (C=O) groups is 1. The molecule has 3 nitrogen and oxygen atoms in total. The van der Waals surface area contributed by atoms with Crippen LogP contribution in [-0.4, -0.2) is 5.91 Å². The number of para-hydroxylation sites is 1. The Kier molecular flexibility index (Phi) is 5.10. The first kappa shape index (κ1) is 18.6. The van der Waals surface area contributed by atoms with Crippen molar-refractivity contribution >= 4 is 28.9 Å². The number of halogens is 1. The van der Waals surface area contributed by atoms with Crippen molar-refractivity contribution in [3.05, 3.63) is 94.5 Å². The van der Waals surface area contributed by atoms with Crippen LogP contribution in [-0.2, 0) is 0 Å². The van der Waals surface area contributed by atoms with Crippen molar-refractivity contribution in [2.24, 2.45) is 0 Å². The van der Waals surface area contributed by atoms with Crippen LogP contribution in [0.2, 0.25) is 5.02 Å². The Labute approximate surface area is 171 Å². The van der Waals surface area contributed by atoms with Crippen LogP contribution in [0.25, 0.3) is 0 Å². The van der Waals surface area contributed by atoms with Gasteiger partial charge in [-0.3, -0.25) is 9.69 Å². The van der Waals surface area contributed by atoms with E-state index in [1.54, 1.807) is 0 Å². The van der Waals surface area contributed by atoms with E-state index in [-0.39, 0.29) is 12.1 Å². The summed E-state index contributed by atoms with van der Waals surface area (Å²) in [6.45, 7) is 4.40. The van der Waals surface area contributed by atoms with E-state index in [0.29, 0.717) is 16.5 Å². The molecule has 0 aliphatic carbocycles. The normalized spacial score (nSPS) is 17.0. The van der Waals surface area contributed by atoms with Crippen LogP contribution in [0.5, 0.6) is 0 Å². The van der Waals surface area contributed by atoms with Gasteiger partial charge < -0.3 is 5.32 Å². The van der Waals surface area contributed by atoms with Gasteiger partial charge in [-0.25, -0.2) is 0 Å². The maximum absolute atomic E-state index is 13.4. The molecule has 1 amide bonds. The molecule has 1 heterocycles. The largest absolute Gasteiger partial charge is 0.360 e. The lowest BCUT2D eigenvalue weighted by atomic mass is 9.97. The number of nitrogens with zero attached hydrogens (tertiary/aromatic N) is 1. The Morgan fingerprint density at radius 2 is 1.68 bits per heavy atom. The van der Waals surface area contributed by atoms with Crippen LogP contribution in [0.15, 0.2) is 72.8 Å². The fraction of sp³-hybridized carbons (Fsp3) is 0.208. The molecule has 0 spiro atoms. The number of anilines is 2. The molecule has 4 rings (SSSR count). The summed E-state index contributed by atoms with van der Waals surface area (Å²) in [5.41, 5.74) is 4.67. The van der Waals surface area contributed by atoms with Gasteiger partial charge in [0.25, 0.3) is 5.91 Å². The minimum atomic E-state index is -0.297. The van der Waals surface area contributed by atoms with Gasteiger partial charge in [0, 0.05) is 16.4 Å². The molecule has 28 heavy (non-hydrogen) atoms. The lowest BCUT2D eigenvalue weighted by Crippen LogP contribution is -2.43. The number of amides is 1. The van der Waals surface area contributed by atoms with Crippen molar-refractivity contribution in [3.63, 3.8) is 0 Å². The lowest BCUT2D eigenvalue weighted by molar-refractivity contribution is 0.0975. The third kappa shape index (κ3) is 3.38. The van der Waals surface area contributed by atoms with Gasteiger partial charge >= 0.3 is 0 Å². The van der Waals surface area contributed by atoms with E-state index < -0.39 is 0 Å². The number of nitrogens with one attached hydrogen (secondary N) is 1. The van der Waals surface area contributed by atoms with E-state index in [9.17, 15) is 4.79 Å². The topological polar surface area (TPSA) is 32.3 Å². The number of hydrogen-bond acceptors (Lipinski definition) is 2. The summed E-state index contributed by atoms with van der Waals surface area (Å²) in [5.74, 6) is 0.489. The minimum absolute atomic E-state index is 0.00871. The van der Waals surface area contributed by atoms with Crippen molar-refractivity contribution < 1.29 is 4.79 Å². The van der Waals surface area contributed by atoms with Gasteiger partial charge in [-0.15, -0.1) is 0 Å². The first-order valence-corrected chi connectivity index (χ1v) is 10.0. The average Bonchev–Trinajstić information content (AvgIpc) is 2.74. The van der Waals surface area contributed by atoms with E-state index >= 15 is 0 Å². The standard InChI is InChI=1S/C24H23ClN2O/c1-3-16(2)17-10-14-20(15-11-17)27-23(18-8-12-19(25)13-9-18)26-22-7-5-4-6-21(22)24(27)28/h4-16,23,26H,3H2,1-2H3/t16-,23-/m1/s1. The summed E-state index contributed by atoms with van der Waals surface area (Å²) in [6, 6.07) is 23.6. The molecule has 0 saturated carbocycles. The average molecular weight is 391 g/mol. The predicted octanol–water partition coefficient (Wildman–Crippen LogP) is 6.62. The molecule has 3 aromatic rings. The van der Waals surface area contributed by atoms with E-state index in [1.165, 1.54) is 5.56 Å². The maximum Gasteiger partial charge on any atom is 0.262 e. The summed E-state index contributed by atoms with van der Waals surface area (Å²) in [7, 11) is 0. The second-order valence-electron chi connectivity index (χ2n) is 7.22. The van der Waals surface area contributed by atoms with Crippen molar-refractivity contribution in [1.29, 1.82) is 0 Å². The number of carbonyl (C=O) groups excluding carboxylic acids is 1. The third-order valence-electron chi connectivity index (χ3n) is 5.47. The van der Waals surface area contributed by atoms with Crippen LogP contribution in [0, 0.1) is 0 Å². The zero-order valence-electron chi connectivity index (χ0n) is 16.0. The maximum atomic E-state index is 13.4. The van der Waals surface area contributed by atoms with Gasteiger partial charge in [-0.2, -0.15) is 0 Å². The number of benzene rings is 3. The monoisotopic (exact) mass is 390 g/mol. The molecule has 0 saturated heterocycles. The predicted molar refractivity (Wildman–Crippen MR) is 116 cm³/mol. The lowest BCUT2D eigenvalue weighted by Gasteiger charge is -2.38. The van der Waals surface area contributed by atoms with Gasteiger partial charge in [-0.05, 0) is 59.9 Å². The molecule has 1 aliphatic heterocycles. The molecule has 1 aliphatic rings. The fourth-order valence-corrected chi connectivity index (χ4v) is 3.72. The third-order valence-corrected chi connectivity index (χ3v) is 5.72. The van der Waals surface area contributed by atoms with Gasteiger partial charge in [-0.1, -0.05) is 61.8 Å². The highest BCUT2D eigenvalue weighted by Crippen LogP contribution is 2.37. The number of rotatable bonds is 4. The molecule has 0 fully saturated rings. The van der Waals surface area contributed by atoms with Crippen LogP contribution < -0.4 is 10.2 Å². The smallest absolute Gasteiger partial charge is 0.262 e. The summed E-state index contributed by atoms with van der Waals surface area (Å²) >= 11 is 6.07. The first-order chi connectivity index (χ1) is 13.6. The van der Waals surface area contributed by atoms with Crippen LogP contribution in [0.3, 0.4) is 0 Å². The molecule has 4 heteroatoms. The quantitative estimate of drug-likeness (QED) is 0.542. The minimum Gasteiger partial charge on any atom is -0.360 e. The highest BCUT2D eigenvalue weighted by atomic mass is 35.5. The van der Waals surface area contributed by atoms with Crippen LogP contribution in [0.4, 0.5) is 11.4 Å². The fourth-order valence-electron chi connectivity index (χ4n) is 3.60. The van der Waals surface area contributed by atoms with Crippen molar-refractivity contribution in [2.75, 3.05) is 10.2 Å². The highest BCUT2D eigenvalue weighted by molar-refractivity contribution is 6.30. The van der Waals surface area contributed by atoms with E-state index in [1.807, 2.05) is 65.6 Å². The zero-order valence-corrected chi connectivity index (χ0v) is 16.8. The van der Waals surface area contributed by atoms with Crippen molar-refractivity contribution in [3.8, 4) is 0 Å². The molecular formula is C24H23ClN2O.